The van der Waals surface area contributed by atoms with Crippen molar-refractivity contribution in [3.8, 4) is 0 Å². The number of amides is 2. The van der Waals surface area contributed by atoms with Gasteiger partial charge in [-0.05, 0) is 49.2 Å². The fourth-order valence-corrected chi connectivity index (χ4v) is 4.14. The minimum atomic E-state index is -4.07. The maximum absolute atomic E-state index is 13.4. The van der Waals surface area contributed by atoms with E-state index in [9.17, 15) is 22.4 Å². The van der Waals surface area contributed by atoms with Crippen LogP contribution >= 0.6 is 0 Å². The molecule has 1 atom stereocenters. The molecule has 0 aliphatic carbocycles. The Morgan fingerprint density at radius 1 is 1.06 bits per heavy atom. The summed E-state index contributed by atoms with van der Waals surface area (Å²) >= 11 is 0. The van der Waals surface area contributed by atoms with Gasteiger partial charge in [0.2, 0.25) is 11.8 Å². The summed E-state index contributed by atoms with van der Waals surface area (Å²) in [5, 5.41) is 2.53. The van der Waals surface area contributed by atoms with E-state index in [1.807, 2.05) is 31.2 Å². The van der Waals surface area contributed by atoms with E-state index in [2.05, 4.69) is 5.32 Å². The number of benzene rings is 2. The molecule has 0 aliphatic rings. The number of carbonyl (C=O) groups is 2. The van der Waals surface area contributed by atoms with Gasteiger partial charge in [0.05, 0.1) is 5.69 Å². The zero-order valence-electron chi connectivity index (χ0n) is 18.9. The van der Waals surface area contributed by atoms with Crippen LogP contribution in [0.25, 0.3) is 0 Å². The van der Waals surface area contributed by atoms with Crippen LogP contribution in [0.1, 0.15) is 18.1 Å². The topological polar surface area (TPSA) is 90.0 Å². The van der Waals surface area contributed by atoms with Gasteiger partial charge in [-0.3, -0.25) is 9.59 Å². The van der Waals surface area contributed by atoms with Gasteiger partial charge >= 0.3 is 10.2 Å². The molecule has 0 saturated heterocycles. The Kier molecular flexibility index (Phi) is 8.34. The molecule has 0 heterocycles. The molecule has 0 aliphatic heterocycles. The molecule has 2 rings (SSSR count). The van der Waals surface area contributed by atoms with Crippen LogP contribution < -0.4 is 9.62 Å². The molecule has 0 aromatic heterocycles. The van der Waals surface area contributed by atoms with Crippen LogP contribution in [0.3, 0.4) is 0 Å². The third-order valence-corrected chi connectivity index (χ3v) is 6.97. The first-order valence-electron chi connectivity index (χ1n) is 10.00. The van der Waals surface area contributed by atoms with Crippen LogP contribution in [0.4, 0.5) is 10.1 Å². The first-order valence-corrected chi connectivity index (χ1v) is 11.4. The van der Waals surface area contributed by atoms with Gasteiger partial charge in [0.25, 0.3) is 0 Å². The molecule has 0 bridgehead atoms. The Morgan fingerprint density at radius 2 is 1.66 bits per heavy atom. The monoisotopic (exact) mass is 464 g/mol. The number of aryl methyl sites for hydroxylation is 1. The van der Waals surface area contributed by atoms with Crippen LogP contribution in [0.2, 0.25) is 0 Å². The van der Waals surface area contributed by atoms with Crippen molar-refractivity contribution in [1.29, 1.82) is 0 Å². The number of hydrogen-bond donors (Lipinski definition) is 1. The van der Waals surface area contributed by atoms with E-state index in [0.717, 1.165) is 31.9 Å². The van der Waals surface area contributed by atoms with Gasteiger partial charge in [-0.25, -0.2) is 8.70 Å². The Balaban J connectivity index is 2.45. The lowest BCUT2D eigenvalue weighted by Gasteiger charge is -2.32. The lowest BCUT2D eigenvalue weighted by molar-refractivity contribution is -0.139. The molecule has 1 N–H and O–H groups in total. The third kappa shape index (κ3) is 5.83. The summed E-state index contributed by atoms with van der Waals surface area (Å²) in [6, 6.07) is 11.4. The number of halogens is 1. The number of anilines is 1. The summed E-state index contributed by atoms with van der Waals surface area (Å²) in [4.78, 5) is 27.1. The van der Waals surface area contributed by atoms with Gasteiger partial charge in [-0.2, -0.15) is 12.7 Å². The van der Waals surface area contributed by atoms with Crippen LogP contribution in [0.5, 0.6) is 0 Å². The fraction of sp³-hybridized carbons (Fsp3) is 0.364. The summed E-state index contributed by atoms with van der Waals surface area (Å²) in [6.07, 6.45) is 0. The molecule has 2 amide bonds. The fourth-order valence-electron chi connectivity index (χ4n) is 3.09. The number of nitrogens with zero attached hydrogens (tertiary/aromatic N) is 3. The second kappa shape index (κ2) is 10.6. The van der Waals surface area contributed by atoms with Crippen molar-refractivity contribution in [2.45, 2.75) is 26.4 Å². The van der Waals surface area contributed by atoms with E-state index in [-0.39, 0.29) is 18.1 Å². The Labute approximate surface area is 188 Å². The van der Waals surface area contributed by atoms with Gasteiger partial charge in [0.1, 0.15) is 18.4 Å². The van der Waals surface area contributed by atoms with E-state index < -0.39 is 34.5 Å². The largest absolute Gasteiger partial charge is 0.357 e. The first kappa shape index (κ1) is 25.3. The van der Waals surface area contributed by atoms with Crippen LogP contribution in [-0.4, -0.2) is 63.2 Å². The lowest BCUT2D eigenvalue weighted by Crippen LogP contribution is -2.52. The quantitative estimate of drug-likeness (QED) is 0.614. The maximum Gasteiger partial charge on any atom is 0.304 e. The summed E-state index contributed by atoms with van der Waals surface area (Å²) in [7, 11) is 0.0827. The zero-order valence-corrected chi connectivity index (χ0v) is 19.7. The molecule has 0 saturated carbocycles. The highest BCUT2D eigenvalue weighted by molar-refractivity contribution is 7.90. The van der Waals surface area contributed by atoms with Crippen molar-refractivity contribution in [2.24, 2.45) is 0 Å². The lowest BCUT2D eigenvalue weighted by atomic mass is 10.1. The summed E-state index contributed by atoms with van der Waals surface area (Å²) in [5.41, 5.74) is 1.91. The van der Waals surface area contributed by atoms with E-state index in [0.29, 0.717) is 0 Å². The number of carbonyl (C=O) groups excluding carboxylic acids is 2. The van der Waals surface area contributed by atoms with Crippen molar-refractivity contribution >= 4 is 27.7 Å². The van der Waals surface area contributed by atoms with E-state index in [1.165, 1.54) is 38.2 Å². The molecule has 0 radical (unpaired) electrons. The van der Waals surface area contributed by atoms with Crippen LogP contribution in [0.15, 0.2) is 48.5 Å². The van der Waals surface area contributed by atoms with Crippen molar-refractivity contribution in [3.63, 3.8) is 0 Å². The number of likely N-dealkylation sites (N-methyl/N-ethyl adjacent to an activating group) is 1. The highest BCUT2D eigenvalue weighted by Crippen LogP contribution is 2.21. The molecule has 0 unspecified atom stereocenters. The molecule has 0 spiro atoms. The van der Waals surface area contributed by atoms with Crippen molar-refractivity contribution in [1.82, 2.24) is 14.5 Å². The number of nitrogens with one attached hydrogen (secondary N) is 1. The minimum absolute atomic E-state index is 0.124. The molecule has 32 heavy (non-hydrogen) atoms. The molecule has 8 nitrogen and oxygen atoms in total. The summed E-state index contributed by atoms with van der Waals surface area (Å²) < 4.78 is 41.2. The third-order valence-electron chi connectivity index (χ3n) is 5.15. The standard InChI is InChI=1S/C22H29FN4O4S/c1-16-8-6-7-9-18(16)14-26(17(2)22(29)24-3)21(28)15-27(32(30,31)25(4)5)20-12-10-19(23)11-13-20/h6-13,17H,14-15H2,1-5H3,(H,24,29)/t17-/m1/s1. The predicted molar refractivity (Wildman–Crippen MR) is 122 cm³/mol. The first-order chi connectivity index (χ1) is 15.0. The van der Waals surface area contributed by atoms with Gasteiger partial charge in [-0.15, -0.1) is 0 Å². The molecule has 2 aromatic carbocycles. The number of hydrogen-bond acceptors (Lipinski definition) is 4. The predicted octanol–water partition coefficient (Wildman–Crippen LogP) is 1.91. The van der Waals surface area contributed by atoms with Gasteiger partial charge in [0.15, 0.2) is 0 Å². The Morgan fingerprint density at radius 3 is 2.19 bits per heavy atom. The van der Waals surface area contributed by atoms with Gasteiger partial charge in [-0.1, -0.05) is 24.3 Å². The molecule has 2 aromatic rings. The minimum Gasteiger partial charge on any atom is -0.357 e. The van der Waals surface area contributed by atoms with Gasteiger partial charge in [0, 0.05) is 27.7 Å². The van der Waals surface area contributed by atoms with Crippen molar-refractivity contribution in [2.75, 3.05) is 32.0 Å². The average Bonchev–Trinajstić information content (AvgIpc) is 2.76. The Bertz CT molecular complexity index is 1060. The van der Waals surface area contributed by atoms with Crippen molar-refractivity contribution < 1.29 is 22.4 Å². The number of rotatable bonds is 9. The van der Waals surface area contributed by atoms with Crippen molar-refractivity contribution in [3.05, 3.63) is 65.5 Å². The molecule has 10 heteroatoms. The summed E-state index contributed by atoms with van der Waals surface area (Å²) in [5.74, 6) is -1.48. The maximum atomic E-state index is 13.4. The smallest absolute Gasteiger partial charge is 0.304 e. The zero-order chi connectivity index (χ0) is 24.1. The molecular formula is C22H29FN4O4S. The van der Waals surface area contributed by atoms with Crippen LogP contribution in [0, 0.1) is 12.7 Å². The Hall–Kier alpha value is -2.98. The SMILES string of the molecule is CNC(=O)[C@@H](C)N(Cc1ccccc1C)C(=O)CN(c1ccc(F)cc1)S(=O)(=O)N(C)C. The molecule has 174 valence electrons. The second-order valence-electron chi connectivity index (χ2n) is 7.51. The average molecular weight is 465 g/mol. The highest BCUT2D eigenvalue weighted by atomic mass is 32.2. The van der Waals surface area contributed by atoms with Gasteiger partial charge < -0.3 is 10.2 Å². The molecule has 0 fully saturated rings. The van der Waals surface area contributed by atoms with Crippen LogP contribution in [-0.2, 0) is 26.3 Å². The highest BCUT2D eigenvalue weighted by Gasteiger charge is 2.32. The molecular weight excluding hydrogens is 435 g/mol. The van der Waals surface area contributed by atoms with E-state index >= 15 is 0 Å². The second-order valence-corrected chi connectivity index (χ2v) is 9.58. The van der Waals surface area contributed by atoms with E-state index in [4.69, 9.17) is 0 Å². The summed E-state index contributed by atoms with van der Waals surface area (Å²) in [6.45, 7) is 3.04. The van der Waals surface area contributed by atoms with E-state index in [1.54, 1.807) is 6.92 Å². The normalized spacial score (nSPS) is 12.3.